The summed E-state index contributed by atoms with van der Waals surface area (Å²) in [5, 5.41) is 6.77. The second-order valence-electron chi connectivity index (χ2n) is 5.06. The lowest BCUT2D eigenvalue weighted by Crippen LogP contribution is -2.49. The van der Waals surface area contributed by atoms with Crippen LogP contribution in [-0.2, 0) is 4.79 Å². The predicted octanol–water partition coefficient (Wildman–Crippen LogP) is 0.330. The molecule has 1 aliphatic heterocycles. The van der Waals surface area contributed by atoms with E-state index in [0.717, 1.165) is 24.0 Å². The van der Waals surface area contributed by atoms with Crippen molar-refractivity contribution >= 4 is 22.7 Å². The fourth-order valence-corrected chi connectivity index (χ4v) is 2.56. The lowest BCUT2D eigenvalue weighted by atomic mass is 10.1. The van der Waals surface area contributed by atoms with Crippen LogP contribution in [0.4, 0.5) is 0 Å². The fraction of sp³-hybridized carbons (Fsp3) is 0.333. The first kappa shape index (κ1) is 13.6. The summed E-state index contributed by atoms with van der Waals surface area (Å²) in [7, 11) is 0. The molecule has 110 valence electrons. The van der Waals surface area contributed by atoms with Gasteiger partial charge >= 0.3 is 0 Å². The van der Waals surface area contributed by atoms with Crippen LogP contribution in [0.2, 0.25) is 0 Å². The molecule has 3 N–H and O–H groups in total. The van der Waals surface area contributed by atoms with E-state index >= 15 is 0 Å². The van der Waals surface area contributed by atoms with E-state index in [1.807, 2.05) is 18.2 Å². The van der Waals surface area contributed by atoms with Gasteiger partial charge in [0, 0.05) is 48.8 Å². The summed E-state index contributed by atoms with van der Waals surface area (Å²) in [4.78, 5) is 29.1. The Morgan fingerprint density at radius 1 is 1.19 bits per heavy atom. The lowest BCUT2D eigenvalue weighted by molar-refractivity contribution is -0.130. The predicted molar refractivity (Wildman–Crippen MR) is 80.1 cm³/mol. The molecule has 0 spiro atoms. The molecule has 21 heavy (non-hydrogen) atoms. The van der Waals surface area contributed by atoms with Crippen molar-refractivity contribution in [3.63, 3.8) is 0 Å². The second-order valence-corrected chi connectivity index (χ2v) is 5.06. The zero-order valence-electron chi connectivity index (χ0n) is 11.7. The largest absolute Gasteiger partial charge is 0.361 e. The van der Waals surface area contributed by atoms with Gasteiger partial charge < -0.3 is 20.5 Å². The van der Waals surface area contributed by atoms with E-state index in [0.29, 0.717) is 18.7 Å². The molecule has 2 aromatic rings. The summed E-state index contributed by atoms with van der Waals surface area (Å²) in [6, 6.07) is 7.37. The first-order chi connectivity index (χ1) is 10.3. The van der Waals surface area contributed by atoms with Gasteiger partial charge in [-0.15, -0.1) is 0 Å². The van der Waals surface area contributed by atoms with E-state index in [1.165, 1.54) is 0 Å². The maximum absolute atomic E-state index is 12.2. The number of fused-ring (bicyclic) bond motifs is 1. The monoisotopic (exact) mass is 286 g/mol. The van der Waals surface area contributed by atoms with E-state index in [9.17, 15) is 9.59 Å². The Morgan fingerprint density at radius 3 is 2.81 bits per heavy atom. The molecular formula is C15H18N4O2. The van der Waals surface area contributed by atoms with Gasteiger partial charge in [-0.25, -0.2) is 0 Å². The molecule has 1 fully saturated rings. The van der Waals surface area contributed by atoms with Crippen molar-refractivity contribution in [3.05, 3.63) is 36.0 Å². The number of aromatic amines is 1. The number of benzene rings is 1. The minimum absolute atomic E-state index is 0.0360. The number of hydrogen-bond donors (Lipinski definition) is 3. The number of piperazine rings is 1. The molecule has 0 bridgehead atoms. The summed E-state index contributed by atoms with van der Waals surface area (Å²) in [5.74, 6) is -0.255. The van der Waals surface area contributed by atoms with Crippen molar-refractivity contribution < 1.29 is 9.59 Å². The highest BCUT2D eigenvalue weighted by Gasteiger charge is 2.17. The van der Waals surface area contributed by atoms with Crippen LogP contribution >= 0.6 is 0 Å². The summed E-state index contributed by atoms with van der Waals surface area (Å²) >= 11 is 0. The normalized spacial score (nSPS) is 15.1. The van der Waals surface area contributed by atoms with Gasteiger partial charge in [-0.3, -0.25) is 9.59 Å². The van der Waals surface area contributed by atoms with Crippen molar-refractivity contribution in [1.82, 2.24) is 20.5 Å². The molecule has 0 aliphatic carbocycles. The maximum Gasteiger partial charge on any atom is 0.252 e. The zero-order chi connectivity index (χ0) is 14.7. The highest BCUT2D eigenvalue weighted by atomic mass is 16.2. The Balaban J connectivity index is 1.64. The Bertz CT molecular complexity index is 658. The highest BCUT2D eigenvalue weighted by Crippen LogP contribution is 2.17. The molecule has 0 saturated carbocycles. The van der Waals surface area contributed by atoms with Gasteiger partial charge in [-0.2, -0.15) is 0 Å². The SMILES string of the molecule is O=C(NCC(=O)N1CCNCC1)c1cccc2[nH]ccc12. The molecule has 1 saturated heterocycles. The van der Waals surface area contributed by atoms with Crippen LogP contribution in [0, 0.1) is 0 Å². The van der Waals surface area contributed by atoms with Crippen LogP contribution in [-0.4, -0.2) is 54.4 Å². The van der Waals surface area contributed by atoms with Gasteiger partial charge in [0.05, 0.1) is 6.54 Å². The molecule has 1 aromatic carbocycles. The molecule has 3 rings (SSSR count). The van der Waals surface area contributed by atoms with Crippen LogP contribution in [0.3, 0.4) is 0 Å². The van der Waals surface area contributed by atoms with Crippen LogP contribution in [0.5, 0.6) is 0 Å². The average Bonchev–Trinajstić information content (AvgIpc) is 3.01. The molecule has 6 nitrogen and oxygen atoms in total. The van der Waals surface area contributed by atoms with Gasteiger partial charge in [-0.05, 0) is 18.2 Å². The highest BCUT2D eigenvalue weighted by molar-refractivity contribution is 6.07. The minimum Gasteiger partial charge on any atom is -0.361 e. The number of carbonyl (C=O) groups is 2. The van der Waals surface area contributed by atoms with Crippen molar-refractivity contribution in [1.29, 1.82) is 0 Å². The maximum atomic E-state index is 12.2. The summed E-state index contributed by atoms with van der Waals surface area (Å²) in [6.45, 7) is 3.05. The van der Waals surface area contributed by atoms with Crippen LogP contribution in [0.25, 0.3) is 10.9 Å². The van der Waals surface area contributed by atoms with Gasteiger partial charge in [0.2, 0.25) is 5.91 Å². The number of hydrogen-bond acceptors (Lipinski definition) is 3. The van der Waals surface area contributed by atoms with E-state index in [1.54, 1.807) is 17.2 Å². The van der Waals surface area contributed by atoms with Crippen molar-refractivity contribution in [2.24, 2.45) is 0 Å². The summed E-state index contributed by atoms with van der Waals surface area (Å²) in [5.41, 5.74) is 1.50. The fourth-order valence-electron chi connectivity index (χ4n) is 2.56. The van der Waals surface area contributed by atoms with Crippen molar-refractivity contribution in [3.8, 4) is 0 Å². The van der Waals surface area contributed by atoms with Gasteiger partial charge in [0.1, 0.15) is 0 Å². The number of aromatic nitrogens is 1. The second kappa shape index (κ2) is 5.97. The number of amides is 2. The Morgan fingerprint density at radius 2 is 2.00 bits per heavy atom. The Hall–Kier alpha value is -2.34. The molecule has 0 unspecified atom stereocenters. The smallest absolute Gasteiger partial charge is 0.252 e. The average molecular weight is 286 g/mol. The number of H-pyrrole nitrogens is 1. The third-order valence-corrected chi connectivity index (χ3v) is 3.71. The standard InChI is InChI=1S/C15H18N4O2/c20-14(19-8-6-16-7-9-19)10-18-15(21)12-2-1-3-13-11(12)4-5-17-13/h1-5,16-17H,6-10H2,(H,18,21). The van der Waals surface area contributed by atoms with Gasteiger partial charge in [0.25, 0.3) is 5.91 Å². The lowest BCUT2D eigenvalue weighted by Gasteiger charge is -2.27. The minimum atomic E-state index is -0.219. The Kier molecular flexibility index (Phi) is 3.87. The quantitative estimate of drug-likeness (QED) is 0.761. The summed E-state index contributed by atoms with van der Waals surface area (Å²) < 4.78 is 0. The third-order valence-electron chi connectivity index (χ3n) is 3.71. The molecular weight excluding hydrogens is 268 g/mol. The van der Waals surface area contributed by atoms with Crippen molar-refractivity contribution in [2.45, 2.75) is 0 Å². The molecule has 0 radical (unpaired) electrons. The molecule has 6 heteroatoms. The number of carbonyl (C=O) groups excluding carboxylic acids is 2. The number of nitrogens with one attached hydrogen (secondary N) is 3. The van der Waals surface area contributed by atoms with E-state index < -0.39 is 0 Å². The molecule has 1 aromatic heterocycles. The van der Waals surface area contributed by atoms with E-state index in [2.05, 4.69) is 15.6 Å². The Labute approximate surface area is 122 Å². The zero-order valence-corrected chi connectivity index (χ0v) is 11.7. The van der Waals surface area contributed by atoms with Gasteiger partial charge in [-0.1, -0.05) is 6.07 Å². The third kappa shape index (κ3) is 2.90. The van der Waals surface area contributed by atoms with Gasteiger partial charge in [0.15, 0.2) is 0 Å². The van der Waals surface area contributed by atoms with E-state index in [-0.39, 0.29) is 18.4 Å². The molecule has 2 amide bonds. The van der Waals surface area contributed by atoms with E-state index in [4.69, 9.17) is 0 Å². The number of rotatable bonds is 3. The molecule has 1 aliphatic rings. The summed E-state index contributed by atoms with van der Waals surface area (Å²) in [6.07, 6.45) is 1.80. The first-order valence-corrected chi connectivity index (χ1v) is 7.08. The van der Waals surface area contributed by atoms with Crippen LogP contribution < -0.4 is 10.6 Å². The van der Waals surface area contributed by atoms with Crippen molar-refractivity contribution in [2.75, 3.05) is 32.7 Å². The topological polar surface area (TPSA) is 77.2 Å². The number of nitrogens with zero attached hydrogens (tertiary/aromatic N) is 1. The first-order valence-electron chi connectivity index (χ1n) is 7.08. The molecule has 0 atom stereocenters. The van der Waals surface area contributed by atoms with Crippen LogP contribution in [0.15, 0.2) is 30.5 Å². The molecule has 2 heterocycles. The van der Waals surface area contributed by atoms with Crippen LogP contribution in [0.1, 0.15) is 10.4 Å².